The van der Waals surface area contributed by atoms with E-state index in [1.54, 1.807) is 5.38 Å². The van der Waals surface area contributed by atoms with Crippen LogP contribution in [-0.4, -0.2) is 16.1 Å². The van der Waals surface area contributed by atoms with Gasteiger partial charge in [0.1, 0.15) is 5.15 Å². The van der Waals surface area contributed by atoms with E-state index in [1.807, 2.05) is 24.3 Å². The molecule has 0 aliphatic rings. The van der Waals surface area contributed by atoms with Crippen molar-refractivity contribution >= 4 is 40.7 Å². The number of hydrogen-bond acceptors (Lipinski definition) is 4. The fourth-order valence-corrected chi connectivity index (χ4v) is 3.20. The molecule has 6 heteroatoms. The largest absolute Gasteiger partial charge is 0.481 e. The molecule has 88 valence electrons. The van der Waals surface area contributed by atoms with Crippen molar-refractivity contribution < 1.29 is 9.90 Å². The molecule has 0 radical (unpaired) electrons. The number of benzene rings is 1. The summed E-state index contributed by atoms with van der Waals surface area (Å²) >= 11 is 8.73. The molecule has 2 rings (SSSR count). The van der Waals surface area contributed by atoms with Gasteiger partial charge in [-0.2, -0.15) is 0 Å². The van der Waals surface area contributed by atoms with Crippen molar-refractivity contribution in [2.75, 3.05) is 0 Å². The Labute approximate surface area is 111 Å². The van der Waals surface area contributed by atoms with Crippen LogP contribution in [0.3, 0.4) is 0 Å². The summed E-state index contributed by atoms with van der Waals surface area (Å²) < 4.78 is 0.876. The van der Waals surface area contributed by atoms with Crippen LogP contribution < -0.4 is 0 Å². The smallest absolute Gasteiger partial charge is 0.307 e. The second-order valence-electron chi connectivity index (χ2n) is 3.25. The van der Waals surface area contributed by atoms with Gasteiger partial charge in [-0.1, -0.05) is 35.5 Å². The number of thiazole rings is 1. The second-order valence-corrected chi connectivity index (χ2v) is 5.82. The van der Waals surface area contributed by atoms with Crippen LogP contribution in [-0.2, 0) is 11.2 Å². The molecule has 0 atom stereocenters. The van der Waals surface area contributed by atoms with Gasteiger partial charge in [0.25, 0.3) is 0 Å². The molecule has 0 aliphatic carbocycles. The number of hydrogen-bond donors (Lipinski definition) is 1. The van der Waals surface area contributed by atoms with Crippen LogP contribution in [0.2, 0.25) is 5.15 Å². The van der Waals surface area contributed by atoms with Crippen LogP contribution in [0.25, 0.3) is 0 Å². The molecule has 0 fully saturated rings. The van der Waals surface area contributed by atoms with Gasteiger partial charge in [-0.15, -0.1) is 11.3 Å². The Morgan fingerprint density at radius 3 is 2.65 bits per heavy atom. The maximum atomic E-state index is 10.5. The van der Waals surface area contributed by atoms with Crippen LogP contribution in [0.1, 0.15) is 5.56 Å². The summed E-state index contributed by atoms with van der Waals surface area (Å²) in [6, 6.07) is 7.40. The summed E-state index contributed by atoms with van der Waals surface area (Å²) in [6.45, 7) is 0. The molecule has 17 heavy (non-hydrogen) atoms. The van der Waals surface area contributed by atoms with Crippen molar-refractivity contribution in [2.24, 2.45) is 0 Å². The third-order valence-electron chi connectivity index (χ3n) is 1.94. The molecule has 1 aromatic heterocycles. The van der Waals surface area contributed by atoms with Gasteiger partial charge < -0.3 is 5.11 Å². The number of carboxylic acids is 1. The average molecular weight is 286 g/mol. The van der Waals surface area contributed by atoms with Gasteiger partial charge in [0.2, 0.25) is 0 Å². The Morgan fingerprint density at radius 1 is 1.41 bits per heavy atom. The molecule has 3 nitrogen and oxygen atoms in total. The Kier molecular flexibility index (Phi) is 4.04. The van der Waals surface area contributed by atoms with Gasteiger partial charge in [0, 0.05) is 10.3 Å². The van der Waals surface area contributed by atoms with Crippen molar-refractivity contribution in [1.29, 1.82) is 0 Å². The predicted molar refractivity (Wildman–Crippen MR) is 69.0 cm³/mol. The lowest BCUT2D eigenvalue weighted by molar-refractivity contribution is -0.136. The highest BCUT2D eigenvalue weighted by Crippen LogP contribution is 2.31. The standard InChI is InChI=1S/C11H8ClNO2S2/c12-9-6-16-11(13-9)17-8-3-1-7(2-4-8)5-10(14)15/h1-4,6H,5H2,(H,14,15). The van der Waals surface area contributed by atoms with Gasteiger partial charge in [0.05, 0.1) is 6.42 Å². The van der Waals surface area contributed by atoms with Gasteiger partial charge >= 0.3 is 5.97 Å². The summed E-state index contributed by atoms with van der Waals surface area (Å²) in [5, 5.41) is 10.9. The first kappa shape index (κ1) is 12.4. The third-order valence-corrected chi connectivity index (χ3v) is 4.21. The average Bonchev–Trinajstić information content (AvgIpc) is 2.66. The molecule has 0 unspecified atom stereocenters. The van der Waals surface area contributed by atoms with Crippen molar-refractivity contribution in [3.63, 3.8) is 0 Å². The predicted octanol–water partition coefficient (Wildman–Crippen LogP) is 3.57. The molecular formula is C11H8ClNO2S2. The molecule has 0 amide bonds. The van der Waals surface area contributed by atoms with Crippen LogP contribution in [0.15, 0.2) is 38.9 Å². The van der Waals surface area contributed by atoms with Gasteiger partial charge in [0.15, 0.2) is 4.34 Å². The van der Waals surface area contributed by atoms with E-state index < -0.39 is 5.97 Å². The van der Waals surface area contributed by atoms with Crippen molar-refractivity contribution in [1.82, 2.24) is 4.98 Å². The minimum Gasteiger partial charge on any atom is -0.481 e. The number of aliphatic carboxylic acids is 1. The molecule has 1 aromatic carbocycles. The first-order chi connectivity index (χ1) is 8.13. The Balaban J connectivity index is 2.05. The highest BCUT2D eigenvalue weighted by molar-refractivity contribution is 8.01. The maximum absolute atomic E-state index is 10.5. The highest BCUT2D eigenvalue weighted by atomic mass is 35.5. The maximum Gasteiger partial charge on any atom is 0.307 e. The van der Waals surface area contributed by atoms with Crippen LogP contribution >= 0.6 is 34.7 Å². The lowest BCUT2D eigenvalue weighted by Gasteiger charge is -2.00. The fraction of sp³-hybridized carbons (Fsp3) is 0.0909. The number of carbonyl (C=O) groups is 1. The van der Waals surface area contributed by atoms with Gasteiger partial charge in [-0.3, -0.25) is 4.79 Å². The van der Waals surface area contributed by atoms with Crippen molar-refractivity contribution in [2.45, 2.75) is 15.7 Å². The van der Waals surface area contributed by atoms with Gasteiger partial charge in [-0.05, 0) is 17.7 Å². The molecule has 0 saturated carbocycles. The molecule has 2 aromatic rings. The monoisotopic (exact) mass is 285 g/mol. The van der Waals surface area contributed by atoms with Crippen LogP contribution in [0.4, 0.5) is 0 Å². The lowest BCUT2D eigenvalue weighted by Crippen LogP contribution is -1.99. The number of carboxylic acid groups (broad SMARTS) is 1. The Hall–Kier alpha value is -1.04. The van der Waals surface area contributed by atoms with E-state index in [9.17, 15) is 4.79 Å². The summed E-state index contributed by atoms with van der Waals surface area (Å²) in [5.41, 5.74) is 0.791. The van der Waals surface area contributed by atoms with Crippen LogP contribution in [0, 0.1) is 0 Å². The number of halogens is 1. The minimum absolute atomic E-state index is 0.0496. The van der Waals surface area contributed by atoms with Gasteiger partial charge in [-0.25, -0.2) is 4.98 Å². The Morgan fingerprint density at radius 2 is 2.12 bits per heavy atom. The zero-order chi connectivity index (χ0) is 12.3. The fourth-order valence-electron chi connectivity index (χ4n) is 1.24. The van der Waals surface area contributed by atoms with Crippen molar-refractivity contribution in [3.05, 3.63) is 40.4 Å². The second kappa shape index (κ2) is 5.53. The molecule has 0 bridgehead atoms. The first-order valence-electron chi connectivity index (χ1n) is 4.73. The van der Waals surface area contributed by atoms with Crippen LogP contribution in [0.5, 0.6) is 0 Å². The highest BCUT2D eigenvalue weighted by Gasteiger charge is 2.04. The Bertz CT molecular complexity index is 525. The third kappa shape index (κ3) is 3.73. The molecule has 1 heterocycles. The lowest BCUT2D eigenvalue weighted by atomic mass is 10.2. The summed E-state index contributed by atoms with van der Waals surface area (Å²) in [4.78, 5) is 15.7. The minimum atomic E-state index is -0.822. The number of aromatic nitrogens is 1. The summed E-state index contributed by atoms with van der Waals surface area (Å²) in [6.07, 6.45) is 0.0496. The molecule has 1 N–H and O–H groups in total. The quantitative estimate of drug-likeness (QED) is 0.933. The van der Waals surface area contributed by atoms with E-state index in [0.29, 0.717) is 5.15 Å². The number of rotatable bonds is 4. The zero-order valence-corrected chi connectivity index (χ0v) is 11.0. The van der Waals surface area contributed by atoms with E-state index in [1.165, 1.54) is 23.1 Å². The van der Waals surface area contributed by atoms with E-state index in [4.69, 9.17) is 16.7 Å². The van der Waals surface area contributed by atoms with E-state index in [2.05, 4.69) is 4.98 Å². The topological polar surface area (TPSA) is 50.2 Å². The molecule has 0 saturated heterocycles. The number of nitrogens with zero attached hydrogens (tertiary/aromatic N) is 1. The first-order valence-corrected chi connectivity index (χ1v) is 6.80. The molecular weight excluding hydrogens is 278 g/mol. The summed E-state index contributed by atoms with van der Waals surface area (Å²) in [7, 11) is 0. The van der Waals surface area contributed by atoms with Crippen molar-refractivity contribution in [3.8, 4) is 0 Å². The summed E-state index contributed by atoms with van der Waals surface area (Å²) in [5.74, 6) is -0.822. The molecule has 0 spiro atoms. The molecule has 0 aliphatic heterocycles. The van der Waals surface area contributed by atoms with E-state index in [0.717, 1.165) is 14.8 Å². The normalized spacial score (nSPS) is 10.4. The van der Waals surface area contributed by atoms with E-state index in [-0.39, 0.29) is 6.42 Å². The zero-order valence-electron chi connectivity index (χ0n) is 8.59. The van der Waals surface area contributed by atoms with E-state index >= 15 is 0 Å². The SMILES string of the molecule is O=C(O)Cc1ccc(Sc2nc(Cl)cs2)cc1.